The highest BCUT2D eigenvalue weighted by molar-refractivity contribution is 6.30. The van der Waals surface area contributed by atoms with Gasteiger partial charge in [-0.15, -0.1) is 0 Å². The lowest BCUT2D eigenvalue weighted by molar-refractivity contribution is 0.0951. The lowest BCUT2D eigenvalue weighted by Gasteiger charge is -2.14. The number of halogens is 1. The zero-order chi connectivity index (χ0) is 16.2. The summed E-state index contributed by atoms with van der Waals surface area (Å²) in [4.78, 5) is 25.4. The quantitative estimate of drug-likeness (QED) is 0.906. The van der Waals surface area contributed by atoms with Crippen molar-refractivity contribution in [2.24, 2.45) is 0 Å². The Morgan fingerprint density at radius 1 is 1.22 bits per heavy atom. The molecule has 0 radical (unpaired) electrons. The van der Waals surface area contributed by atoms with Crippen LogP contribution in [-0.4, -0.2) is 25.0 Å². The smallest absolute Gasteiger partial charge is 0.321 e. The molecule has 1 saturated heterocycles. The molecule has 3 amide bonds. The van der Waals surface area contributed by atoms with E-state index in [1.54, 1.807) is 35.2 Å². The third-order valence-electron chi connectivity index (χ3n) is 3.64. The summed E-state index contributed by atoms with van der Waals surface area (Å²) in [5.41, 5.74) is 2.28. The predicted octanol–water partition coefficient (Wildman–Crippen LogP) is 2.80. The summed E-state index contributed by atoms with van der Waals surface area (Å²) < 4.78 is 0. The van der Waals surface area contributed by atoms with E-state index in [9.17, 15) is 9.59 Å². The van der Waals surface area contributed by atoms with E-state index in [4.69, 9.17) is 11.6 Å². The average Bonchev–Trinajstić information content (AvgIpc) is 2.99. The fraction of sp³-hybridized carbons (Fsp3) is 0.176. The monoisotopic (exact) mass is 329 g/mol. The van der Waals surface area contributed by atoms with Crippen LogP contribution in [0.5, 0.6) is 0 Å². The van der Waals surface area contributed by atoms with Gasteiger partial charge in [-0.05, 0) is 42.0 Å². The number of rotatable bonds is 4. The molecule has 0 bridgehead atoms. The van der Waals surface area contributed by atoms with Gasteiger partial charge in [0.2, 0.25) is 0 Å². The summed E-state index contributed by atoms with van der Waals surface area (Å²) in [6.45, 7) is 1.69. The second kappa shape index (κ2) is 6.71. The first-order valence-electron chi connectivity index (χ1n) is 7.31. The molecular formula is C17H16ClN3O2. The Hall–Kier alpha value is -2.53. The van der Waals surface area contributed by atoms with Crippen molar-refractivity contribution in [2.75, 3.05) is 18.0 Å². The molecule has 0 atom stereocenters. The number of hydrogen-bond donors (Lipinski definition) is 2. The van der Waals surface area contributed by atoms with Gasteiger partial charge in [0.25, 0.3) is 5.91 Å². The number of carbonyl (C=O) groups is 2. The largest absolute Gasteiger partial charge is 0.348 e. The first kappa shape index (κ1) is 15.4. The van der Waals surface area contributed by atoms with Crippen LogP contribution in [0.2, 0.25) is 5.02 Å². The molecule has 0 saturated carbocycles. The Labute approximate surface area is 139 Å². The number of nitrogens with one attached hydrogen (secondary N) is 2. The summed E-state index contributed by atoms with van der Waals surface area (Å²) in [5, 5.41) is 6.24. The van der Waals surface area contributed by atoms with Crippen molar-refractivity contribution in [2.45, 2.75) is 6.54 Å². The van der Waals surface area contributed by atoms with Crippen molar-refractivity contribution in [3.05, 3.63) is 64.7 Å². The zero-order valence-corrected chi connectivity index (χ0v) is 13.1. The van der Waals surface area contributed by atoms with Gasteiger partial charge >= 0.3 is 6.03 Å². The number of amides is 3. The number of benzene rings is 2. The van der Waals surface area contributed by atoms with Crippen molar-refractivity contribution in [1.82, 2.24) is 10.6 Å². The van der Waals surface area contributed by atoms with Crippen molar-refractivity contribution in [3.8, 4) is 0 Å². The molecule has 1 aliphatic heterocycles. The van der Waals surface area contributed by atoms with Crippen LogP contribution in [0.25, 0.3) is 0 Å². The minimum Gasteiger partial charge on any atom is -0.348 e. The first-order chi connectivity index (χ1) is 11.1. The van der Waals surface area contributed by atoms with Crippen LogP contribution < -0.4 is 15.5 Å². The summed E-state index contributed by atoms with van der Waals surface area (Å²) in [6.07, 6.45) is 0. The van der Waals surface area contributed by atoms with Crippen LogP contribution >= 0.6 is 11.6 Å². The van der Waals surface area contributed by atoms with Crippen LogP contribution in [0.1, 0.15) is 15.9 Å². The lowest BCUT2D eigenvalue weighted by Crippen LogP contribution is -2.27. The van der Waals surface area contributed by atoms with Crippen molar-refractivity contribution in [1.29, 1.82) is 0 Å². The van der Waals surface area contributed by atoms with Gasteiger partial charge in [0.15, 0.2) is 0 Å². The third kappa shape index (κ3) is 3.63. The van der Waals surface area contributed by atoms with E-state index in [0.29, 0.717) is 30.2 Å². The maximum atomic E-state index is 12.2. The van der Waals surface area contributed by atoms with Crippen molar-refractivity contribution in [3.63, 3.8) is 0 Å². The molecule has 0 spiro atoms. The topological polar surface area (TPSA) is 61.4 Å². The van der Waals surface area contributed by atoms with Crippen LogP contribution in [0.15, 0.2) is 48.5 Å². The summed E-state index contributed by atoms with van der Waals surface area (Å²) >= 11 is 5.92. The van der Waals surface area contributed by atoms with Gasteiger partial charge in [-0.2, -0.15) is 0 Å². The normalized spacial score (nSPS) is 13.8. The summed E-state index contributed by atoms with van der Waals surface area (Å²) in [5.74, 6) is -0.164. The molecule has 2 aromatic rings. The predicted molar refractivity (Wildman–Crippen MR) is 89.8 cm³/mol. The molecule has 1 heterocycles. The van der Waals surface area contributed by atoms with E-state index >= 15 is 0 Å². The fourth-order valence-corrected chi connectivity index (χ4v) is 2.65. The van der Waals surface area contributed by atoms with Gasteiger partial charge in [0.1, 0.15) is 0 Å². The van der Waals surface area contributed by atoms with Crippen LogP contribution in [0.4, 0.5) is 10.5 Å². The third-order valence-corrected chi connectivity index (χ3v) is 3.88. The fourth-order valence-electron chi connectivity index (χ4n) is 2.44. The average molecular weight is 330 g/mol. The Balaban J connectivity index is 1.62. The zero-order valence-electron chi connectivity index (χ0n) is 12.4. The lowest BCUT2D eigenvalue weighted by atomic mass is 10.1. The van der Waals surface area contributed by atoms with E-state index in [-0.39, 0.29) is 11.9 Å². The number of nitrogens with zero attached hydrogens (tertiary/aromatic N) is 1. The number of anilines is 1. The molecule has 2 aromatic carbocycles. The molecule has 2 N–H and O–H groups in total. The number of carbonyl (C=O) groups excluding carboxylic acids is 2. The van der Waals surface area contributed by atoms with Crippen molar-refractivity contribution >= 4 is 29.2 Å². The maximum Gasteiger partial charge on any atom is 0.321 e. The van der Waals surface area contributed by atoms with Crippen molar-refractivity contribution < 1.29 is 9.59 Å². The van der Waals surface area contributed by atoms with E-state index in [1.807, 2.05) is 18.2 Å². The minimum absolute atomic E-state index is 0.108. The molecule has 118 valence electrons. The molecule has 3 rings (SSSR count). The summed E-state index contributed by atoms with van der Waals surface area (Å²) in [6, 6.07) is 14.2. The van der Waals surface area contributed by atoms with Gasteiger partial charge in [-0.25, -0.2) is 4.79 Å². The Morgan fingerprint density at radius 3 is 2.65 bits per heavy atom. The molecular weight excluding hydrogens is 314 g/mol. The molecule has 5 nitrogen and oxygen atoms in total. The van der Waals surface area contributed by atoms with E-state index < -0.39 is 0 Å². The molecule has 0 aliphatic carbocycles. The van der Waals surface area contributed by atoms with Gasteiger partial charge in [0, 0.05) is 35.9 Å². The van der Waals surface area contributed by atoms with E-state index in [0.717, 1.165) is 11.3 Å². The Bertz CT molecular complexity index is 731. The molecule has 23 heavy (non-hydrogen) atoms. The van der Waals surface area contributed by atoms with Gasteiger partial charge < -0.3 is 10.6 Å². The van der Waals surface area contributed by atoms with Crippen LogP contribution in [0.3, 0.4) is 0 Å². The highest BCUT2D eigenvalue weighted by atomic mass is 35.5. The molecule has 1 fully saturated rings. The molecule has 6 heteroatoms. The van der Waals surface area contributed by atoms with E-state index in [2.05, 4.69) is 10.6 Å². The maximum absolute atomic E-state index is 12.2. The Morgan fingerprint density at radius 2 is 2.00 bits per heavy atom. The number of urea groups is 1. The standard InChI is InChI=1S/C17H16ClN3O2/c18-14-3-1-2-12(10-14)11-20-16(22)13-4-6-15(7-5-13)21-9-8-19-17(21)23/h1-7,10H,8-9,11H2,(H,19,23)(H,20,22). The first-order valence-corrected chi connectivity index (χ1v) is 7.69. The van der Waals surface area contributed by atoms with E-state index in [1.165, 1.54) is 0 Å². The highest BCUT2D eigenvalue weighted by Crippen LogP contribution is 2.17. The minimum atomic E-state index is -0.164. The van der Waals surface area contributed by atoms with Gasteiger partial charge in [-0.1, -0.05) is 23.7 Å². The van der Waals surface area contributed by atoms with Crippen LogP contribution in [-0.2, 0) is 6.54 Å². The van der Waals surface area contributed by atoms with Crippen LogP contribution in [0, 0.1) is 0 Å². The Kier molecular flexibility index (Phi) is 4.48. The highest BCUT2D eigenvalue weighted by Gasteiger charge is 2.21. The molecule has 1 aliphatic rings. The summed E-state index contributed by atoms with van der Waals surface area (Å²) in [7, 11) is 0. The van der Waals surface area contributed by atoms with Gasteiger partial charge in [-0.3, -0.25) is 9.69 Å². The number of hydrogen-bond acceptors (Lipinski definition) is 2. The van der Waals surface area contributed by atoms with Gasteiger partial charge in [0.05, 0.1) is 0 Å². The molecule has 0 unspecified atom stereocenters. The second-order valence-corrected chi connectivity index (χ2v) is 5.68. The molecule has 0 aromatic heterocycles. The second-order valence-electron chi connectivity index (χ2n) is 5.24. The SMILES string of the molecule is O=C(NCc1cccc(Cl)c1)c1ccc(N2CCNC2=O)cc1.